The minimum Gasteiger partial charge on any atom is -0.496 e. The molecule has 1 amide bonds. The van der Waals surface area contributed by atoms with Gasteiger partial charge >= 0.3 is 0 Å². The zero-order valence-electron chi connectivity index (χ0n) is 11.7. The highest BCUT2D eigenvalue weighted by atomic mass is 35.5. The number of nitrogens with zero attached hydrogens (tertiary/aromatic N) is 1. The molecule has 0 spiro atoms. The van der Waals surface area contributed by atoms with E-state index in [1.807, 2.05) is 0 Å². The van der Waals surface area contributed by atoms with Crippen molar-refractivity contribution < 1.29 is 14.6 Å². The Hall–Kier alpha value is -1.26. The molecule has 0 heterocycles. The van der Waals surface area contributed by atoms with Gasteiger partial charge in [0.05, 0.1) is 25.7 Å². The molecule has 0 aliphatic rings. The molecule has 106 valence electrons. The maximum absolute atomic E-state index is 12.2. The SMILES string of the molecule is COc1ccc(Cl)cc1CC(=O)N(C)C(C)(C)CO. The number of aliphatic hydroxyl groups is 1. The summed E-state index contributed by atoms with van der Waals surface area (Å²) >= 11 is 5.93. The van der Waals surface area contributed by atoms with Crippen LogP contribution < -0.4 is 4.74 Å². The highest BCUT2D eigenvalue weighted by molar-refractivity contribution is 6.30. The topological polar surface area (TPSA) is 49.8 Å². The van der Waals surface area contributed by atoms with E-state index < -0.39 is 5.54 Å². The van der Waals surface area contributed by atoms with Crippen molar-refractivity contribution in [3.05, 3.63) is 28.8 Å². The van der Waals surface area contributed by atoms with Crippen molar-refractivity contribution in [3.8, 4) is 5.75 Å². The Morgan fingerprint density at radius 3 is 2.63 bits per heavy atom. The fourth-order valence-corrected chi connectivity index (χ4v) is 1.81. The van der Waals surface area contributed by atoms with E-state index >= 15 is 0 Å². The van der Waals surface area contributed by atoms with E-state index in [9.17, 15) is 9.90 Å². The number of carbonyl (C=O) groups is 1. The van der Waals surface area contributed by atoms with Gasteiger partial charge in [-0.25, -0.2) is 0 Å². The number of halogens is 1. The number of rotatable bonds is 5. The van der Waals surface area contributed by atoms with Crippen LogP contribution in [0.4, 0.5) is 0 Å². The Labute approximate surface area is 118 Å². The second-order valence-corrected chi connectivity index (χ2v) is 5.49. The average Bonchev–Trinajstić information content (AvgIpc) is 2.38. The fourth-order valence-electron chi connectivity index (χ4n) is 1.61. The van der Waals surface area contributed by atoms with Gasteiger partial charge in [0.1, 0.15) is 5.75 Å². The van der Waals surface area contributed by atoms with E-state index in [0.29, 0.717) is 10.8 Å². The third-order valence-corrected chi connectivity index (χ3v) is 3.49. The second kappa shape index (κ2) is 6.26. The molecule has 0 fully saturated rings. The normalized spacial score (nSPS) is 11.3. The van der Waals surface area contributed by atoms with E-state index in [2.05, 4.69) is 0 Å². The first-order valence-corrected chi connectivity index (χ1v) is 6.39. The maximum Gasteiger partial charge on any atom is 0.227 e. The van der Waals surface area contributed by atoms with Crippen LogP contribution >= 0.6 is 11.6 Å². The number of hydrogen-bond donors (Lipinski definition) is 1. The van der Waals surface area contributed by atoms with Crippen molar-refractivity contribution in [1.29, 1.82) is 0 Å². The van der Waals surface area contributed by atoms with Crippen LogP contribution in [0.2, 0.25) is 5.02 Å². The van der Waals surface area contributed by atoms with Crippen LogP contribution in [0.1, 0.15) is 19.4 Å². The van der Waals surface area contributed by atoms with Crippen molar-refractivity contribution >= 4 is 17.5 Å². The second-order valence-electron chi connectivity index (χ2n) is 5.06. The lowest BCUT2D eigenvalue weighted by atomic mass is 10.0. The molecule has 0 aliphatic heterocycles. The molecular weight excluding hydrogens is 266 g/mol. The molecule has 0 radical (unpaired) electrons. The summed E-state index contributed by atoms with van der Waals surface area (Å²) in [5.41, 5.74) is 0.142. The standard InChI is InChI=1S/C14H20ClNO3/c1-14(2,9-17)16(3)13(18)8-10-7-11(15)5-6-12(10)19-4/h5-7,17H,8-9H2,1-4H3. The summed E-state index contributed by atoms with van der Waals surface area (Å²) in [5, 5.41) is 9.85. The van der Waals surface area contributed by atoms with Gasteiger partial charge in [-0.1, -0.05) is 11.6 Å². The van der Waals surface area contributed by atoms with Gasteiger partial charge in [0.25, 0.3) is 0 Å². The predicted octanol–water partition coefficient (Wildman–Crippen LogP) is 2.12. The molecule has 1 aromatic carbocycles. The Balaban J connectivity index is 2.91. The monoisotopic (exact) mass is 285 g/mol. The van der Waals surface area contributed by atoms with Crippen LogP contribution in [0.15, 0.2) is 18.2 Å². The molecule has 1 N–H and O–H groups in total. The number of aliphatic hydroxyl groups excluding tert-OH is 1. The Morgan fingerprint density at radius 2 is 2.11 bits per heavy atom. The van der Waals surface area contributed by atoms with Crippen molar-refractivity contribution in [2.24, 2.45) is 0 Å². The van der Waals surface area contributed by atoms with Crippen LogP contribution in [0.25, 0.3) is 0 Å². The average molecular weight is 286 g/mol. The Morgan fingerprint density at radius 1 is 1.47 bits per heavy atom. The zero-order valence-corrected chi connectivity index (χ0v) is 12.5. The molecule has 0 atom stereocenters. The number of benzene rings is 1. The van der Waals surface area contributed by atoms with Gasteiger partial charge in [0.15, 0.2) is 0 Å². The summed E-state index contributed by atoms with van der Waals surface area (Å²) in [4.78, 5) is 13.7. The van der Waals surface area contributed by atoms with Crippen molar-refractivity contribution in [3.63, 3.8) is 0 Å². The van der Waals surface area contributed by atoms with Gasteiger partial charge in [0.2, 0.25) is 5.91 Å². The van der Waals surface area contributed by atoms with Gasteiger partial charge in [-0.2, -0.15) is 0 Å². The van der Waals surface area contributed by atoms with Crippen LogP contribution in [0, 0.1) is 0 Å². The maximum atomic E-state index is 12.2. The molecule has 0 aliphatic carbocycles. The first-order chi connectivity index (χ1) is 8.81. The lowest BCUT2D eigenvalue weighted by Crippen LogP contribution is -2.48. The highest BCUT2D eigenvalue weighted by Crippen LogP contribution is 2.24. The van der Waals surface area contributed by atoms with Crippen LogP contribution in [-0.2, 0) is 11.2 Å². The number of hydrogen-bond acceptors (Lipinski definition) is 3. The number of amides is 1. The van der Waals surface area contributed by atoms with Crippen molar-refractivity contribution in [2.45, 2.75) is 25.8 Å². The summed E-state index contributed by atoms with van der Waals surface area (Å²) in [6, 6.07) is 5.18. The first kappa shape index (κ1) is 15.8. The smallest absolute Gasteiger partial charge is 0.227 e. The third-order valence-electron chi connectivity index (χ3n) is 3.25. The Kier molecular flexibility index (Phi) is 5.20. The van der Waals surface area contributed by atoms with E-state index in [-0.39, 0.29) is 18.9 Å². The van der Waals surface area contributed by atoms with E-state index in [1.54, 1.807) is 46.2 Å². The third kappa shape index (κ3) is 3.85. The van der Waals surface area contributed by atoms with Gasteiger partial charge in [-0.15, -0.1) is 0 Å². The number of ether oxygens (including phenoxy) is 1. The molecule has 0 aromatic heterocycles. The highest BCUT2D eigenvalue weighted by Gasteiger charge is 2.27. The largest absolute Gasteiger partial charge is 0.496 e. The van der Waals surface area contributed by atoms with Gasteiger partial charge in [-0.05, 0) is 32.0 Å². The fraction of sp³-hybridized carbons (Fsp3) is 0.500. The summed E-state index contributed by atoms with van der Waals surface area (Å²) in [6.45, 7) is 3.52. The molecule has 0 bridgehead atoms. The molecule has 0 unspecified atom stereocenters. The molecule has 0 saturated carbocycles. The van der Waals surface area contributed by atoms with Crippen LogP contribution in [0.5, 0.6) is 5.75 Å². The lowest BCUT2D eigenvalue weighted by molar-refractivity contribution is -0.135. The summed E-state index contributed by atoms with van der Waals surface area (Å²) in [6.07, 6.45) is 0.184. The van der Waals surface area contributed by atoms with Crippen LogP contribution in [0.3, 0.4) is 0 Å². The molecule has 19 heavy (non-hydrogen) atoms. The molecule has 5 heteroatoms. The quantitative estimate of drug-likeness (QED) is 0.901. The molecule has 0 saturated heterocycles. The van der Waals surface area contributed by atoms with Crippen molar-refractivity contribution in [1.82, 2.24) is 4.90 Å². The van der Waals surface area contributed by atoms with Gasteiger partial charge < -0.3 is 14.7 Å². The lowest BCUT2D eigenvalue weighted by Gasteiger charge is -2.34. The summed E-state index contributed by atoms with van der Waals surface area (Å²) in [5.74, 6) is 0.535. The molecule has 1 aromatic rings. The minimum atomic E-state index is -0.594. The zero-order chi connectivity index (χ0) is 14.6. The summed E-state index contributed by atoms with van der Waals surface area (Å²) < 4.78 is 5.21. The number of methoxy groups -OCH3 is 1. The van der Waals surface area contributed by atoms with Gasteiger partial charge in [-0.3, -0.25) is 4.79 Å². The van der Waals surface area contributed by atoms with E-state index in [4.69, 9.17) is 16.3 Å². The minimum absolute atomic E-state index is 0.0953. The van der Waals surface area contributed by atoms with E-state index in [1.165, 1.54) is 4.90 Å². The van der Waals surface area contributed by atoms with E-state index in [0.717, 1.165) is 5.56 Å². The number of likely N-dealkylation sites (N-methyl/N-ethyl adjacent to an activating group) is 1. The predicted molar refractivity (Wildman–Crippen MR) is 75.6 cm³/mol. The molecule has 1 rings (SSSR count). The van der Waals surface area contributed by atoms with Gasteiger partial charge in [0, 0.05) is 17.6 Å². The first-order valence-electron chi connectivity index (χ1n) is 6.01. The molecular formula is C14H20ClNO3. The Bertz CT molecular complexity index is 460. The number of carbonyl (C=O) groups excluding carboxylic acids is 1. The summed E-state index contributed by atoms with van der Waals surface area (Å²) in [7, 11) is 3.23. The van der Waals surface area contributed by atoms with Crippen LogP contribution in [-0.4, -0.2) is 42.2 Å². The molecule has 4 nitrogen and oxygen atoms in total. The van der Waals surface area contributed by atoms with Crippen molar-refractivity contribution in [2.75, 3.05) is 20.8 Å².